The lowest BCUT2D eigenvalue weighted by Crippen LogP contribution is -2.44. The van der Waals surface area contributed by atoms with Crippen molar-refractivity contribution in [2.75, 3.05) is 6.54 Å². The fourth-order valence-corrected chi connectivity index (χ4v) is 3.74. The Hall–Kier alpha value is -1.00. The predicted octanol–water partition coefficient (Wildman–Crippen LogP) is 3.89. The largest absolute Gasteiger partial charge is 0.374 e. The second-order valence-electron chi connectivity index (χ2n) is 6.44. The Labute approximate surface area is 124 Å². The molecule has 1 aromatic rings. The van der Waals surface area contributed by atoms with Gasteiger partial charge in [0.2, 0.25) is 0 Å². The predicted molar refractivity (Wildman–Crippen MR) is 78.1 cm³/mol. The summed E-state index contributed by atoms with van der Waals surface area (Å²) in [4.78, 5) is 0. The monoisotopic (exact) mass is 295 g/mol. The van der Waals surface area contributed by atoms with E-state index >= 15 is 0 Å². The molecule has 1 heterocycles. The van der Waals surface area contributed by atoms with Crippen LogP contribution in [0.2, 0.25) is 0 Å². The minimum atomic E-state index is -0.516. The van der Waals surface area contributed by atoms with Gasteiger partial charge in [-0.1, -0.05) is 18.9 Å². The van der Waals surface area contributed by atoms with Crippen molar-refractivity contribution < 1.29 is 13.5 Å². The highest BCUT2D eigenvalue weighted by Crippen LogP contribution is 2.40. The Kier molecular flexibility index (Phi) is 4.27. The first-order valence-corrected chi connectivity index (χ1v) is 7.95. The summed E-state index contributed by atoms with van der Waals surface area (Å²) < 4.78 is 33.2. The van der Waals surface area contributed by atoms with E-state index in [1.54, 1.807) is 6.07 Å². The molecular formula is C17H23F2NO. The average molecular weight is 295 g/mol. The molecule has 1 saturated carbocycles. The molecule has 0 aromatic heterocycles. The quantitative estimate of drug-likeness (QED) is 0.910. The Bertz CT molecular complexity index is 500. The summed E-state index contributed by atoms with van der Waals surface area (Å²) in [6, 6.07) is 3.95. The highest BCUT2D eigenvalue weighted by atomic mass is 19.1. The normalized spacial score (nSPS) is 28.1. The Morgan fingerprint density at radius 3 is 2.62 bits per heavy atom. The summed E-state index contributed by atoms with van der Waals surface area (Å²) >= 11 is 0. The maximum Gasteiger partial charge on any atom is 0.131 e. The molecule has 3 rings (SSSR count). The second kappa shape index (κ2) is 6.01. The smallest absolute Gasteiger partial charge is 0.131 e. The first-order valence-electron chi connectivity index (χ1n) is 7.95. The molecule has 1 aliphatic heterocycles. The Morgan fingerprint density at radius 2 is 2.00 bits per heavy atom. The maximum absolute atomic E-state index is 14.2. The molecule has 2 nitrogen and oxygen atoms in total. The SMILES string of the molecule is CC1CCC(CNC2(c3ccc(F)cc3F)CCCC2)O1. The Morgan fingerprint density at radius 1 is 1.24 bits per heavy atom. The Balaban J connectivity index is 1.76. The fraction of sp³-hybridized carbons (Fsp3) is 0.647. The van der Waals surface area contributed by atoms with Gasteiger partial charge in [0.15, 0.2) is 0 Å². The highest BCUT2D eigenvalue weighted by Gasteiger charge is 2.38. The van der Waals surface area contributed by atoms with Gasteiger partial charge in [-0.2, -0.15) is 0 Å². The van der Waals surface area contributed by atoms with Crippen LogP contribution in [-0.4, -0.2) is 18.8 Å². The third-order valence-corrected chi connectivity index (χ3v) is 4.89. The minimum absolute atomic E-state index is 0.209. The van der Waals surface area contributed by atoms with Crippen LogP contribution >= 0.6 is 0 Å². The number of hydrogen-bond donors (Lipinski definition) is 1. The van der Waals surface area contributed by atoms with Gasteiger partial charge >= 0.3 is 0 Å². The molecule has 2 atom stereocenters. The molecule has 0 bridgehead atoms. The summed E-state index contributed by atoms with van der Waals surface area (Å²) in [5.41, 5.74) is 0.250. The van der Waals surface area contributed by atoms with E-state index in [-0.39, 0.29) is 11.6 Å². The van der Waals surface area contributed by atoms with Gasteiger partial charge in [-0.15, -0.1) is 0 Å². The van der Waals surface area contributed by atoms with Crippen LogP contribution in [0.3, 0.4) is 0 Å². The van der Waals surface area contributed by atoms with E-state index in [0.717, 1.165) is 51.1 Å². The van der Waals surface area contributed by atoms with E-state index in [0.29, 0.717) is 11.7 Å². The average Bonchev–Trinajstić information content (AvgIpc) is 3.06. The van der Waals surface area contributed by atoms with Crippen molar-refractivity contribution in [2.45, 2.75) is 63.2 Å². The van der Waals surface area contributed by atoms with Crippen molar-refractivity contribution in [2.24, 2.45) is 0 Å². The lowest BCUT2D eigenvalue weighted by atomic mass is 9.87. The standard InChI is InChI=1S/C17H23F2NO/c1-12-4-6-14(21-12)11-20-17(8-2-3-9-17)15-7-5-13(18)10-16(15)19/h5,7,10,12,14,20H,2-4,6,8-9,11H2,1H3. The molecule has 2 fully saturated rings. The van der Waals surface area contributed by atoms with Crippen LogP contribution in [0.1, 0.15) is 51.0 Å². The molecule has 0 radical (unpaired) electrons. The highest BCUT2D eigenvalue weighted by molar-refractivity contribution is 5.28. The van der Waals surface area contributed by atoms with E-state index in [1.807, 2.05) is 0 Å². The van der Waals surface area contributed by atoms with Gasteiger partial charge in [0, 0.05) is 23.7 Å². The minimum Gasteiger partial charge on any atom is -0.374 e. The second-order valence-corrected chi connectivity index (χ2v) is 6.44. The third-order valence-electron chi connectivity index (χ3n) is 4.89. The van der Waals surface area contributed by atoms with Crippen LogP contribution < -0.4 is 5.32 Å². The molecule has 21 heavy (non-hydrogen) atoms. The summed E-state index contributed by atoms with van der Waals surface area (Å²) in [7, 11) is 0. The number of nitrogens with one attached hydrogen (secondary N) is 1. The van der Waals surface area contributed by atoms with E-state index in [4.69, 9.17) is 4.74 Å². The van der Waals surface area contributed by atoms with Crippen molar-refractivity contribution in [1.29, 1.82) is 0 Å². The summed E-state index contributed by atoms with van der Waals surface area (Å²) in [6.45, 7) is 2.83. The maximum atomic E-state index is 14.2. The molecular weight excluding hydrogens is 272 g/mol. The lowest BCUT2D eigenvalue weighted by molar-refractivity contribution is 0.0500. The molecule has 1 aromatic carbocycles. The van der Waals surface area contributed by atoms with Gasteiger partial charge in [-0.3, -0.25) is 0 Å². The van der Waals surface area contributed by atoms with Crippen LogP contribution in [0.15, 0.2) is 18.2 Å². The van der Waals surface area contributed by atoms with E-state index in [9.17, 15) is 8.78 Å². The van der Waals surface area contributed by atoms with E-state index in [2.05, 4.69) is 12.2 Å². The number of benzene rings is 1. The van der Waals surface area contributed by atoms with Crippen molar-refractivity contribution in [1.82, 2.24) is 5.32 Å². The zero-order chi connectivity index (χ0) is 14.9. The molecule has 0 amide bonds. The third kappa shape index (κ3) is 3.11. The molecule has 4 heteroatoms. The first-order chi connectivity index (χ1) is 10.1. The molecule has 116 valence electrons. The number of rotatable bonds is 4. The zero-order valence-corrected chi connectivity index (χ0v) is 12.5. The molecule has 0 spiro atoms. The van der Waals surface area contributed by atoms with Gasteiger partial charge in [0.1, 0.15) is 11.6 Å². The molecule has 2 aliphatic rings. The lowest BCUT2D eigenvalue weighted by Gasteiger charge is -2.32. The van der Waals surface area contributed by atoms with Gasteiger partial charge in [0.05, 0.1) is 12.2 Å². The number of ether oxygens (including phenoxy) is 1. The van der Waals surface area contributed by atoms with E-state index < -0.39 is 11.6 Å². The van der Waals surface area contributed by atoms with Gasteiger partial charge in [-0.05, 0) is 38.7 Å². The summed E-state index contributed by atoms with van der Waals surface area (Å²) in [6.07, 6.45) is 6.62. The fourth-order valence-electron chi connectivity index (χ4n) is 3.74. The van der Waals surface area contributed by atoms with Gasteiger partial charge in [-0.25, -0.2) is 8.78 Å². The van der Waals surface area contributed by atoms with Crippen LogP contribution in [0.25, 0.3) is 0 Å². The van der Waals surface area contributed by atoms with Gasteiger partial charge < -0.3 is 10.1 Å². The van der Waals surface area contributed by atoms with Crippen molar-refractivity contribution in [3.8, 4) is 0 Å². The molecule has 2 unspecified atom stereocenters. The molecule has 1 N–H and O–H groups in total. The topological polar surface area (TPSA) is 21.3 Å². The van der Waals surface area contributed by atoms with Crippen molar-refractivity contribution >= 4 is 0 Å². The summed E-state index contributed by atoms with van der Waals surface area (Å²) in [5, 5.41) is 3.55. The van der Waals surface area contributed by atoms with Crippen LogP contribution in [0, 0.1) is 11.6 Å². The van der Waals surface area contributed by atoms with Gasteiger partial charge in [0.25, 0.3) is 0 Å². The van der Waals surface area contributed by atoms with Crippen LogP contribution in [0.5, 0.6) is 0 Å². The molecule has 1 saturated heterocycles. The van der Waals surface area contributed by atoms with Crippen molar-refractivity contribution in [3.05, 3.63) is 35.4 Å². The van der Waals surface area contributed by atoms with Crippen LogP contribution in [-0.2, 0) is 10.3 Å². The van der Waals surface area contributed by atoms with Crippen LogP contribution in [0.4, 0.5) is 8.78 Å². The van der Waals surface area contributed by atoms with Crippen molar-refractivity contribution in [3.63, 3.8) is 0 Å². The zero-order valence-electron chi connectivity index (χ0n) is 12.5. The number of hydrogen-bond acceptors (Lipinski definition) is 2. The van der Waals surface area contributed by atoms with E-state index in [1.165, 1.54) is 6.07 Å². The molecule has 1 aliphatic carbocycles. The summed E-state index contributed by atoms with van der Waals surface area (Å²) in [5.74, 6) is -0.956. The number of halogens is 2. The first kappa shape index (κ1) is 14.9.